The minimum Gasteiger partial charge on any atom is -0.487 e. The third kappa shape index (κ3) is 3.66. The van der Waals surface area contributed by atoms with Crippen LogP contribution in [0.1, 0.15) is 33.1 Å². The quantitative estimate of drug-likeness (QED) is 0.672. The number of allylic oxidation sites excluding steroid dienone is 1. The minimum absolute atomic E-state index is 0.0897. The number of carbonyl (C=O) groups excluding carboxylic acids is 2. The molecule has 5 heteroatoms. The van der Waals surface area contributed by atoms with Crippen LogP contribution in [0.2, 0.25) is 0 Å². The van der Waals surface area contributed by atoms with Crippen molar-refractivity contribution in [1.82, 2.24) is 0 Å². The third-order valence-corrected chi connectivity index (χ3v) is 2.30. The highest BCUT2D eigenvalue weighted by Gasteiger charge is 2.20. The van der Waals surface area contributed by atoms with Gasteiger partial charge in [-0.25, -0.2) is 0 Å². The summed E-state index contributed by atoms with van der Waals surface area (Å²) < 4.78 is 9.63. The van der Waals surface area contributed by atoms with Crippen LogP contribution in [0, 0.1) is 0 Å². The maximum atomic E-state index is 10.7. The second kappa shape index (κ2) is 5.65. The van der Waals surface area contributed by atoms with E-state index in [1.165, 1.54) is 0 Å². The van der Waals surface area contributed by atoms with E-state index >= 15 is 0 Å². The molecule has 1 saturated heterocycles. The Hall–Kier alpha value is -1.36. The molecule has 2 N–H and O–H groups in total. The number of nitrogens with two attached hydrogens (primary N) is 1. The standard InChI is InChI=1S/C7H10O2.C4H7NO2/c1-3-6-4-7(8)5(2)9-6;5-3-1-2-4(6)7-3/h4-5H,3H2,1-2H3;3H,1-2,5H2. The number of rotatable bonds is 1. The monoisotopic (exact) mass is 227 g/mol. The fraction of sp³-hybridized carbons (Fsp3) is 0.636. The molecule has 2 atom stereocenters. The van der Waals surface area contributed by atoms with Crippen LogP contribution < -0.4 is 5.73 Å². The van der Waals surface area contributed by atoms with E-state index in [1.807, 2.05) is 6.92 Å². The molecule has 0 amide bonds. The molecule has 5 nitrogen and oxygen atoms in total. The molecule has 0 aliphatic carbocycles. The Kier molecular flexibility index (Phi) is 4.49. The molecular formula is C11H17NO4. The van der Waals surface area contributed by atoms with Crippen LogP contribution in [0.5, 0.6) is 0 Å². The Morgan fingerprint density at radius 1 is 1.44 bits per heavy atom. The van der Waals surface area contributed by atoms with E-state index < -0.39 is 0 Å². The van der Waals surface area contributed by atoms with Gasteiger partial charge in [0.15, 0.2) is 18.1 Å². The summed E-state index contributed by atoms with van der Waals surface area (Å²) in [4.78, 5) is 20.9. The summed E-state index contributed by atoms with van der Waals surface area (Å²) >= 11 is 0. The Bertz CT molecular complexity index is 311. The van der Waals surface area contributed by atoms with Gasteiger partial charge >= 0.3 is 5.97 Å². The maximum Gasteiger partial charge on any atom is 0.307 e. The Morgan fingerprint density at radius 3 is 2.31 bits per heavy atom. The summed E-state index contributed by atoms with van der Waals surface area (Å²) in [5.41, 5.74) is 5.18. The van der Waals surface area contributed by atoms with Gasteiger partial charge in [0.25, 0.3) is 0 Å². The second-order valence-electron chi connectivity index (χ2n) is 3.69. The molecule has 2 rings (SSSR count). The first-order valence-corrected chi connectivity index (χ1v) is 5.39. The zero-order valence-electron chi connectivity index (χ0n) is 9.56. The van der Waals surface area contributed by atoms with Gasteiger partial charge in [0.2, 0.25) is 0 Å². The van der Waals surface area contributed by atoms with Crippen molar-refractivity contribution < 1.29 is 19.1 Å². The first-order valence-electron chi connectivity index (χ1n) is 5.39. The predicted molar refractivity (Wildman–Crippen MR) is 57.2 cm³/mol. The molecule has 0 spiro atoms. The number of carbonyl (C=O) groups is 2. The lowest BCUT2D eigenvalue weighted by Gasteiger charge is -2.02. The minimum atomic E-state index is -0.326. The molecule has 2 heterocycles. The fourth-order valence-corrected chi connectivity index (χ4v) is 1.33. The number of esters is 1. The molecule has 0 radical (unpaired) electrons. The van der Waals surface area contributed by atoms with Crippen LogP contribution in [0.25, 0.3) is 0 Å². The molecule has 0 saturated carbocycles. The molecular weight excluding hydrogens is 210 g/mol. The van der Waals surface area contributed by atoms with Gasteiger partial charge < -0.3 is 9.47 Å². The largest absolute Gasteiger partial charge is 0.487 e. The van der Waals surface area contributed by atoms with Crippen molar-refractivity contribution in [3.05, 3.63) is 11.8 Å². The fourth-order valence-electron chi connectivity index (χ4n) is 1.33. The van der Waals surface area contributed by atoms with Crippen molar-refractivity contribution >= 4 is 11.8 Å². The zero-order chi connectivity index (χ0) is 12.1. The molecule has 90 valence electrons. The Morgan fingerprint density at radius 2 is 2.12 bits per heavy atom. The van der Waals surface area contributed by atoms with Crippen molar-refractivity contribution in [2.45, 2.75) is 45.4 Å². The number of hydrogen-bond donors (Lipinski definition) is 1. The van der Waals surface area contributed by atoms with E-state index in [2.05, 4.69) is 4.74 Å². The lowest BCUT2D eigenvalue weighted by molar-refractivity contribution is -0.141. The van der Waals surface area contributed by atoms with Crippen LogP contribution in [0.4, 0.5) is 0 Å². The van der Waals surface area contributed by atoms with Crippen molar-refractivity contribution in [3.8, 4) is 0 Å². The van der Waals surface area contributed by atoms with Crippen molar-refractivity contribution in [2.75, 3.05) is 0 Å². The molecule has 0 aromatic rings. The molecule has 0 aromatic heterocycles. The lowest BCUT2D eigenvalue weighted by Crippen LogP contribution is -2.17. The van der Waals surface area contributed by atoms with Gasteiger partial charge in [-0.2, -0.15) is 0 Å². The Balaban J connectivity index is 0.000000165. The number of hydrogen-bond acceptors (Lipinski definition) is 5. The first-order chi connectivity index (χ1) is 7.52. The van der Waals surface area contributed by atoms with E-state index in [0.29, 0.717) is 12.8 Å². The molecule has 2 aliphatic rings. The summed E-state index contributed by atoms with van der Waals surface area (Å²) in [7, 11) is 0. The SMILES string of the molecule is CCC1=CC(=O)C(C)O1.NC1CCC(=O)O1. The average Bonchev–Trinajstić information content (AvgIpc) is 2.75. The van der Waals surface area contributed by atoms with Gasteiger partial charge in [-0.1, -0.05) is 6.92 Å². The summed E-state index contributed by atoms with van der Waals surface area (Å²) in [6.07, 6.45) is 2.99. The summed E-state index contributed by atoms with van der Waals surface area (Å²) in [5.74, 6) is 0.729. The third-order valence-electron chi connectivity index (χ3n) is 2.30. The van der Waals surface area contributed by atoms with Gasteiger partial charge in [0, 0.05) is 18.9 Å². The molecule has 1 fully saturated rings. The van der Waals surface area contributed by atoms with Crippen LogP contribution >= 0.6 is 0 Å². The van der Waals surface area contributed by atoms with E-state index in [1.54, 1.807) is 13.0 Å². The average molecular weight is 227 g/mol. The van der Waals surface area contributed by atoms with Crippen LogP contribution in [-0.2, 0) is 19.1 Å². The van der Waals surface area contributed by atoms with E-state index in [9.17, 15) is 9.59 Å². The molecule has 2 unspecified atom stereocenters. The van der Waals surface area contributed by atoms with Gasteiger partial charge in [0.1, 0.15) is 5.76 Å². The highest BCUT2D eigenvalue weighted by atomic mass is 16.6. The van der Waals surface area contributed by atoms with Crippen molar-refractivity contribution in [3.63, 3.8) is 0 Å². The molecule has 0 aromatic carbocycles. The number of ketones is 1. The highest BCUT2D eigenvalue weighted by Crippen LogP contribution is 2.15. The normalized spacial score (nSPS) is 27.8. The molecule has 16 heavy (non-hydrogen) atoms. The van der Waals surface area contributed by atoms with Crippen LogP contribution in [0.3, 0.4) is 0 Å². The second-order valence-corrected chi connectivity index (χ2v) is 3.69. The molecule has 2 aliphatic heterocycles. The summed E-state index contributed by atoms with van der Waals surface area (Å²) in [6, 6.07) is 0. The van der Waals surface area contributed by atoms with Crippen LogP contribution in [-0.4, -0.2) is 24.1 Å². The first kappa shape index (κ1) is 12.7. The predicted octanol–water partition coefficient (Wildman–Crippen LogP) is 0.876. The lowest BCUT2D eigenvalue weighted by atomic mass is 10.3. The van der Waals surface area contributed by atoms with Gasteiger partial charge in [-0.15, -0.1) is 0 Å². The maximum absolute atomic E-state index is 10.7. The Labute approximate surface area is 94.6 Å². The summed E-state index contributed by atoms with van der Waals surface area (Å²) in [5, 5.41) is 0. The van der Waals surface area contributed by atoms with E-state index in [4.69, 9.17) is 10.5 Å². The van der Waals surface area contributed by atoms with Crippen molar-refractivity contribution in [2.24, 2.45) is 5.73 Å². The van der Waals surface area contributed by atoms with E-state index in [-0.39, 0.29) is 24.1 Å². The van der Waals surface area contributed by atoms with Gasteiger partial charge in [-0.05, 0) is 6.92 Å². The number of cyclic esters (lactones) is 1. The zero-order valence-corrected chi connectivity index (χ0v) is 9.56. The van der Waals surface area contributed by atoms with Crippen LogP contribution in [0.15, 0.2) is 11.8 Å². The van der Waals surface area contributed by atoms with E-state index in [0.717, 1.165) is 12.2 Å². The summed E-state index contributed by atoms with van der Waals surface area (Å²) in [6.45, 7) is 3.73. The van der Waals surface area contributed by atoms with Gasteiger partial charge in [0.05, 0.1) is 6.42 Å². The molecule has 0 bridgehead atoms. The smallest absolute Gasteiger partial charge is 0.307 e. The topological polar surface area (TPSA) is 78.6 Å². The van der Waals surface area contributed by atoms with Crippen molar-refractivity contribution in [1.29, 1.82) is 0 Å². The van der Waals surface area contributed by atoms with Gasteiger partial charge in [-0.3, -0.25) is 15.3 Å². The highest BCUT2D eigenvalue weighted by molar-refractivity contribution is 5.95. The number of ether oxygens (including phenoxy) is 2.